The van der Waals surface area contributed by atoms with Crippen LogP contribution in [0.25, 0.3) is 0 Å². The Balaban J connectivity index is 0.000001000. The highest BCUT2D eigenvalue weighted by Gasteiger charge is 2.16. The molecule has 1 aliphatic heterocycles. The number of ether oxygens (including phenoxy) is 1. The summed E-state index contributed by atoms with van der Waals surface area (Å²) in [5.74, 6) is -0.433. The number of carbonyl (C=O) groups is 1. The molecule has 0 aromatic heterocycles. The zero-order chi connectivity index (χ0) is 7.40. The van der Waals surface area contributed by atoms with Crippen LogP contribution < -0.4 is 11.1 Å². The van der Waals surface area contributed by atoms with Crippen molar-refractivity contribution in [3.05, 3.63) is 0 Å². The predicted octanol–water partition coefficient (Wildman–Crippen LogP) is -0.870. The molecule has 3 N–H and O–H groups in total. The molecule has 0 aromatic rings. The molecule has 5 heteroatoms. The van der Waals surface area contributed by atoms with E-state index >= 15 is 0 Å². The smallest absolute Gasteiger partial charge is 0.224 e. The summed E-state index contributed by atoms with van der Waals surface area (Å²) < 4.78 is 5.11. The van der Waals surface area contributed by atoms with Crippen LogP contribution >= 0.6 is 12.4 Å². The summed E-state index contributed by atoms with van der Waals surface area (Å²) in [5.41, 5.74) is 5.08. The van der Waals surface area contributed by atoms with Crippen molar-refractivity contribution in [2.24, 2.45) is 11.7 Å². The molecule has 1 fully saturated rings. The van der Waals surface area contributed by atoms with Crippen molar-refractivity contribution in [1.29, 1.82) is 0 Å². The summed E-state index contributed by atoms with van der Waals surface area (Å²) >= 11 is 0. The Kier molecular flexibility index (Phi) is 5.19. The van der Waals surface area contributed by atoms with E-state index in [0.29, 0.717) is 19.8 Å². The highest BCUT2D eigenvalue weighted by atomic mass is 35.5. The molecule has 11 heavy (non-hydrogen) atoms. The molecule has 66 valence electrons. The molecule has 4 nitrogen and oxygen atoms in total. The van der Waals surface area contributed by atoms with Crippen molar-refractivity contribution in [2.75, 3.05) is 26.3 Å². The van der Waals surface area contributed by atoms with Crippen LogP contribution in [0.15, 0.2) is 0 Å². The van der Waals surface area contributed by atoms with Crippen LogP contribution in [0.5, 0.6) is 0 Å². The normalized spacial score (nSPS) is 24.9. The van der Waals surface area contributed by atoms with Crippen LogP contribution in [0.1, 0.15) is 0 Å². The lowest BCUT2D eigenvalue weighted by Crippen LogP contribution is -2.33. The fourth-order valence-electron chi connectivity index (χ4n) is 0.888. The van der Waals surface area contributed by atoms with Gasteiger partial charge in [0, 0.05) is 13.1 Å². The Labute approximate surface area is 71.9 Å². The SMILES string of the molecule is Cl.NC(=O)C1CNCCOC1. The van der Waals surface area contributed by atoms with Gasteiger partial charge in [0.05, 0.1) is 19.1 Å². The van der Waals surface area contributed by atoms with Gasteiger partial charge in [0.2, 0.25) is 5.91 Å². The number of carbonyl (C=O) groups excluding carboxylic acids is 1. The maximum atomic E-state index is 10.6. The summed E-state index contributed by atoms with van der Waals surface area (Å²) in [5, 5.41) is 3.05. The fourth-order valence-corrected chi connectivity index (χ4v) is 0.888. The first-order valence-electron chi connectivity index (χ1n) is 3.38. The van der Waals surface area contributed by atoms with Gasteiger partial charge in [0.1, 0.15) is 0 Å². The van der Waals surface area contributed by atoms with E-state index in [1.54, 1.807) is 0 Å². The van der Waals surface area contributed by atoms with Gasteiger partial charge >= 0.3 is 0 Å². The molecule has 0 aliphatic carbocycles. The molecule has 1 atom stereocenters. The summed E-state index contributed by atoms with van der Waals surface area (Å²) in [7, 11) is 0. The van der Waals surface area contributed by atoms with Crippen LogP contribution in [0.4, 0.5) is 0 Å². The minimum atomic E-state index is -0.283. The minimum Gasteiger partial charge on any atom is -0.379 e. The van der Waals surface area contributed by atoms with Gasteiger partial charge in [-0.3, -0.25) is 4.79 Å². The van der Waals surface area contributed by atoms with Gasteiger partial charge in [0.25, 0.3) is 0 Å². The first kappa shape index (κ1) is 10.7. The minimum absolute atomic E-state index is 0. The van der Waals surface area contributed by atoms with Crippen molar-refractivity contribution >= 4 is 18.3 Å². The highest BCUT2D eigenvalue weighted by molar-refractivity contribution is 5.85. The third-order valence-corrected chi connectivity index (χ3v) is 1.54. The fraction of sp³-hybridized carbons (Fsp3) is 0.833. The molecule has 1 unspecified atom stereocenters. The largest absolute Gasteiger partial charge is 0.379 e. The molecule has 1 saturated heterocycles. The Bertz CT molecular complexity index is 124. The number of nitrogens with two attached hydrogens (primary N) is 1. The van der Waals surface area contributed by atoms with Crippen molar-refractivity contribution in [2.45, 2.75) is 0 Å². The molecular formula is C6H13ClN2O2. The maximum absolute atomic E-state index is 10.6. The van der Waals surface area contributed by atoms with E-state index in [9.17, 15) is 4.79 Å². The first-order chi connectivity index (χ1) is 4.80. The molecular weight excluding hydrogens is 168 g/mol. The van der Waals surface area contributed by atoms with Gasteiger partial charge in [-0.2, -0.15) is 0 Å². The van der Waals surface area contributed by atoms with E-state index in [-0.39, 0.29) is 24.2 Å². The van der Waals surface area contributed by atoms with E-state index in [4.69, 9.17) is 10.5 Å². The predicted molar refractivity (Wildman–Crippen MR) is 43.6 cm³/mol. The summed E-state index contributed by atoms with van der Waals surface area (Å²) in [6.45, 7) is 2.59. The molecule has 0 spiro atoms. The maximum Gasteiger partial charge on any atom is 0.224 e. The lowest BCUT2D eigenvalue weighted by molar-refractivity contribution is -0.123. The Morgan fingerprint density at radius 3 is 3.00 bits per heavy atom. The molecule has 1 aliphatic rings. The summed E-state index contributed by atoms with van der Waals surface area (Å²) in [6.07, 6.45) is 0. The van der Waals surface area contributed by atoms with E-state index < -0.39 is 0 Å². The summed E-state index contributed by atoms with van der Waals surface area (Å²) in [6, 6.07) is 0. The molecule has 1 amide bonds. The van der Waals surface area contributed by atoms with Crippen molar-refractivity contribution < 1.29 is 9.53 Å². The number of halogens is 1. The zero-order valence-corrected chi connectivity index (χ0v) is 7.02. The van der Waals surface area contributed by atoms with Gasteiger partial charge in [0.15, 0.2) is 0 Å². The van der Waals surface area contributed by atoms with Crippen molar-refractivity contribution in [3.8, 4) is 0 Å². The number of hydrogen-bond donors (Lipinski definition) is 2. The first-order valence-corrected chi connectivity index (χ1v) is 3.38. The average molecular weight is 181 g/mol. The summed E-state index contributed by atoms with van der Waals surface area (Å²) in [4.78, 5) is 10.6. The number of amides is 1. The van der Waals surface area contributed by atoms with E-state index in [0.717, 1.165) is 6.54 Å². The monoisotopic (exact) mass is 180 g/mol. The average Bonchev–Trinajstić information content (AvgIpc) is 2.12. The van der Waals surface area contributed by atoms with Gasteiger partial charge in [-0.25, -0.2) is 0 Å². The van der Waals surface area contributed by atoms with Gasteiger partial charge in [-0.15, -0.1) is 12.4 Å². The van der Waals surface area contributed by atoms with Crippen LogP contribution in [0.2, 0.25) is 0 Å². The molecule has 0 aromatic carbocycles. The number of rotatable bonds is 1. The third-order valence-electron chi connectivity index (χ3n) is 1.54. The number of hydrogen-bond acceptors (Lipinski definition) is 3. The molecule has 0 saturated carbocycles. The standard InChI is InChI=1S/C6H12N2O2.ClH/c7-6(9)5-3-8-1-2-10-4-5;/h5,8H,1-4H2,(H2,7,9);1H. The topological polar surface area (TPSA) is 64.4 Å². The Morgan fingerprint density at radius 1 is 1.64 bits per heavy atom. The molecule has 1 rings (SSSR count). The second kappa shape index (κ2) is 5.35. The lowest BCUT2D eigenvalue weighted by Gasteiger charge is -2.07. The van der Waals surface area contributed by atoms with E-state index in [1.807, 2.05) is 0 Å². The molecule has 0 radical (unpaired) electrons. The Hall–Kier alpha value is -0.320. The van der Waals surface area contributed by atoms with Gasteiger partial charge in [-0.1, -0.05) is 0 Å². The Morgan fingerprint density at radius 2 is 2.36 bits per heavy atom. The van der Waals surface area contributed by atoms with E-state index in [1.165, 1.54) is 0 Å². The van der Waals surface area contributed by atoms with E-state index in [2.05, 4.69) is 5.32 Å². The third kappa shape index (κ3) is 3.55. The van der Waals surface area contributed by atoms with Crippen LogP contribution in [0, 0.1) is 5.92 Å². The van der Waals surface area contributed by atoms with Crippen LogP contribution in [-0.2, 0) is 9.53 Å². The van der Waals surface area contributed by atoms with Crippen LogP contribution in [-0.4, -0.2) is 32.2 Å². The molecule has 1 heterocycles. The van der Waals surface area contributed by atoms with Crippen molar-refractivity contribution in [3.63, 3.8) is 0 Å². The lowest BCUT2D eigenvalue weighted by atomic mass is 10.1. The zero-order valence-electron chi connectivity index (χ0n) is 6.21. The second-order valence-electron chi connectivity index (χ2n) is 2.38. The van der Waals surface area contributed by atoms with Crippen LogP contribution in [0.3, 0.4) is 0 Å². The highest BCUT2D eigenvalue weighted by Crippen LogP contribution is 1.97. The van der Waals surface area contributed by atoms with Crippen molar-refractivity contribution in [1.82, 2.24) is 5.32 Å². The number of primary amides is 1. The molecule has 0 bridgehead atoms. The number of nitrogens with one attached hydrogen (secondary N) is 1. The van der Waals surface area contributed by atoms with Gasteiger partial charge in [-0.05, 0) is 0 Å². The van der Waals surface area contributed by atoms with Gasteiger partial charge < -0.3 is 15.8 Å². The quantitative estimate of drug-likeness (QED) is 0.552. The second-order valence-corrected chi connectivity index (χ2v) is 2.38.